The summed E-state index contributed by atoms with van der Waals surface area (Å²) < 4.78 is 23.2. The number of aliphatic carboxylic acids is 1. The van der Waals surface area contributed by atoms with Crippen LogP contribution < -0.4 is 0 Å². The Kier molecular flexibility index (Phi) is 4.32. The zero-order chi connectivity index (χ0) is 15.6. The first-order valence-corrected chi connectivity index (χ1v) is 8.50. The minimum Gasteiger partial charge on any atom is -0.480 e. The monoisotopic (exact) mass is 311 g/mol. The highest BCUT2D eigenvalue weighted by Gasteiger charge is 2.39. The molecule has 6 nitrogen and oxygen atoms in total. The number of carbonyl (C=O) groups excluding carboxylic acids is 1. The Labute approximate surface area is 123 Å². The maximum atomic E-state index is 12.6. The predicted molar refractivity (Wildman–Crippen MR) is 76.9 cm³/mol. The number of carboxylic acids is 1. The van der Waals surface area contributed by atoms with Gasteiger partial charge < -0.3 is 10.0 Å². The third kappa shape index (κ3) is 3.24. The van der Waals surface area contributed by atoms with Crippen molar-refractivity contribution in [2.75, 3.05) is 18.1 Å². The lowest BCUT2D eigenvalue weighted by Crippen LogP contribution is -2.54. The SMILES string of the molecule is CCc1ccccc1C(=O)N1CCS(=O)(=O)CC1C(=O)O. The van der Waals surface area contributed by atoms with Gasteiger partial charge in [0.15, 0.2) is 9.84 Å². The van der Waals surface area contributed by atoms with Crippen LogP contribution in [0.25, 0.3) is 0 Å². The maximum absolute atomic E-state index is 12.6. The van der Waals surface area contributed by atoms with Crippen LogP contribution in [0.4, 0.5) is 0 Å². The molecule has 1 saturated heterocycles. The molecule has 1 aromatic rings. The molecule has 1 amide bonds. The molecule has 1 aliphatic rings. The Bertz CT molecular complexity index is 668. The van der Waals surface area contributed by atoms with Crippen molar-refractivity contribution in [2.24, 2.45) is 0 Å². The fraction of sp³-hybridized carbons (Fsp3) is 0.429. The van der Waals surface area contributed by atoms with Crippen LogP contribution >= 0.6 is 0 Å². The van der Waals surface area contributed by atoms with Gasteiger partial charge in [0.25, 0.3) is 5.91 Å². The smallest absolute Gasteiger partial charge is 0.327 e. The van der Waals surface area contributed by atoms with Crippen molar-refractivity contribution < 1.29 is 23.1 Å². The molecule has 0 bridgehead atoms. The third-order valence-corrected chi connectivity index (χ3v) is 5.23. The van der Waals surface area contributed by atoms with Crippen molar-refractivity contribution in [3.05, 3.63) is 35.4 Å². The van der Waals surface area contributed by atoms with Gasteiger partial charge in [-0.2, -0.15) is 0 Å². The molecular weight excluding hydrogens is 294 g/mol. The van der Waals surface area contributed by atoms with Crippen LogP contribution in [0.1, 0.15) is 22.8 Å². The summed E-state index contributed by atoms with van der Waals surface area (Å²) in [6.07, 6.45) is 0.645. The van der Waals surface area contributed by atoms with E-state index in [1.165, 1.54) is 0 Å². The Hall–Kier alpha value is -1.89. The van der Waals surface area contributed by atoms with Crippen molar-refractivity contribution >= 4 is 21.7 Å². The van der Waals surface area contributed by atoms with E-state index >= 15 is 0 Å². The molecule has 1 unspecified atom stereocenters. The first kappa shape index (κ1) is 15.5. The number of carbonyl (C=O) groups is 2. The summed E-state index contributed by atoms with van der Waals surface area (Å²) in [6, 6.07) is 5.65. The number of benzene rings is 1. The molecule has 0 aliphatic carbocycles. The minimum absolute atomic E-state index is 0.0871. The summed E-state index contributed by atoms with van der Waals surface area (Å²) in [7, 11) is -3.42. The van der Waals surface area contributed by atoms with Crippen molar-refractivity contribution in [3.63, 3.8) is 0 Å². The highest BCUT2D eigenvalue weighted by molar-refractivity contribution is 7.91. The number of amides is 1. The topological polar surface area (TPSA) is 91.8 Å². The molecule has 0 spiro atoms. The first-order chi connectivity index (χ1) is 9.85. The largest absolute Gasteiger partial charge is 0.480 e. The summed E-state index contributed by atoms with van der Waals surface area (Å²) in [4.78, 5) is 25.0. The van der Waals surface area contributed by atoms with Gasteiger partial charge in [-0.25, -0.2) is 13.2 Å². The van der Waals surface area contributed by atoms with Gasteiger partial charge in [0.2, 0.25) is 0 Å². The summed E-state index contributed by atoms with van der Waals surface area (Å²) in [5, 5.41) is 9.20. The van der Waals surface area contributed by atoms with Gasteiger partial charge in [0.1, 0.15) is 6.04 Å². The summed E-state index contributed by atoms with van der Waals surface area (Å²) >= 11 is 0. The van der Waals surface area contributed by atoms with Crippen LogP contribution in [0.2, 0.25) is 0 Å². The number of rotatable bonds is 3. The quantitative estimate of drug-likeness (QED) is 0.881. The number of aryl methyl sites for hydroxylation is 1. The van der Waals surface area contributed by atoms with E-state index in [0.717, 1.165) is 10.5 Å². The molecule has 0 radical (unpaired) electrons. The van der Waals surface area contributed by atoms with Gasteiger partial charge in [0, 0.05) is 12.1 Å². The van der Waals surface area contributed by atoms with Gasteiger partial charge in [-0.05, 0) is 18.1 Å². The second kappa shape index (κ2) is 5.85. The van der Waals surface area contributed by atoms with E-state index in [-0.39, 0.29) is 12.3 Å². The van der Waals surface area contributed by atoms with E-state index in [9.17, 15) is 23.1 Å². The molecular formula is C14H17NO5S. The second-order valence-corrected chi connectivity index (χ2v) is 7.21. The number of nitrogens with zero attached hydrogens (tertiary/aromatic N) is 1. The molecule has 21 heavy (non-hydrogen) atoms. The van der Waals surface area contributed by atoms with Gasteiger partial charge >= 0.3 is 5.97 Å². The fourth-order valence-electron chi connectivity index (χ4n) is 2.45. The number of hydrogen-bond donors (Lipinski definition) is 1. The molecule has 114 valence electrons. The Morgan fingerprint density at radius 1 is 1.33 bits per heavy atom. The van der Waals surface area contributed by atoms with E-state index in [2.05, 4.69) is 0 Å². The van der Waals surface area contributed by atoms with E-state index in [1.807, 2.05) is 19.1 Å². The first-order valence-electron chi connectivity index (χ1n) is 6.68. The lowest BCUT2D eigenvalue weighted by atomic mass is 10.0. The van der Waals surface area contributed by atoms with Crippen molar-refractivity contribution in [1.29, 1.82) is 0 Å². The lowest BCUT2D eigenvalue weighted by Gasteiger charge is -2.33. The Morgan fingerprint density at radius 2 is 2.00 bits per heavy atom. The van der Waals surface area contributed by atoms with Crippen molar-refractivity contribution in [1.82, 2.24) is 4.90 Å². The number of hydrogen-bond acceptors (Lipinski definition) is 4. The predicted octanol–water partition coefficient (Wildman–Crippen LogP) is 0.573. The number of carboxylic acid groups (broad SMARTS) is 1. The minimum atomic E-state index is -3.42. The zero-order valence-corrected chi connectivity index (χ0v) is 12.5. The van der Waals surface area contributed by atoms with Crippen LogP contribution in [-0.4, -0.2) is 54.4 Å². The van der Waals surface area contributed by atoms with E-state index in [1.54, 1.807) is 12.1 Å². The molecule has 7 heteroatoms. The molecule has 2 rings (SSSR count). The lowest BCUT2D eigenvalue weighted by molar-refractivity contribution is -0.141. The van der Waals surface area contributed by atoms with Gasteiger partial charge in [-0.1, -0.05) is 25.1 Å². The van der Waals surface area contributed by atoms with Crippen LogP contribution in [-0.2, 0) is 21.1 Å². The standard InChI is InChI=1S/C14H17NO5S/c1-2-10-5-3-4-6-11(10)13(16)15-7-8-21(19,20)9-12(15)14(17)18/h3-6,12H,2,7-9H2,1H3,(H,17,18). The highest BCUT2D eigenvalue weighted by Crippen LogP contribution is 2.18. The van der Waals surface area contributed by atoms with Crippen molar-refractivity contribution in [3.8, 4) is 0 Å². The average molecular weight is 311 g/mol. The van der Waals surface area contributed by atoms with E-state index in [4.69, 9.17) is 0 Å². The third-order valence-electron chi connectivity index (χ3n) is 3.61. The molecule has 1 N–H and O–H groups in total. The van der Waals surface area contributed by atoms with Crippen molar-refractivity contribution in [2.45, 2.75) is 19.4 Å². The normalized spacial score (nSPS) is 21.0. The number of sulfone groups is 1. The van der Waals surface area contributed by atoms with Crippen LogP contribution in [0, 0.1) is 0 Å². The zero-order valence-electron chi connectivity index (χ0n) is 11.7. The van der Waals surface area contributed by atoms with Crippen LogP contribution in [0.5, 0.6) is 0 Å². The molecule has 1 fully saturated rings. The average Bonchev–Trinajstić information content (AvgIpc) is 2.45. The molecule has 1 heterocycles. The summed E-state index contributed by atoms with van der Waals surface area (Å²) in [5.41, 5.74) is 1.26. The van der Waals surface area contributed by atoms with E-state index < -0.39 is 33.5 Å². The highest BCUT2D eigenvalue weighted by atomic mass is 32.2. The van der Waals surface area contributed by atoms with Gasteiger partial charge in [0.05, 0.1) is 11.5 Å². The van der Waals surface area contributed by atoms with Crippen LogP contribution in [0.3, 0.4) is 0 Å². The van der Waals surface area contributed by atoms with E-state index in [0.29, 0.717) is 12.0 Å². The molecule has 0 saturated carbocycles. The molecule has 1 aliphatic heterocycles. The molecule has 1 aromatic carbocycles. The fourth-order valence-corrected chi connectivity index (χ4v) is 3.89. The summed E-state index contributed by atoms with van der Waals surface area (Å²) in [6.45, 7) is 1.82. The summed E-state index contributed by atoms with van der Waals surface area (Å²) in [5.74, 6) is -2.44. The molecule has 1 atom stereocenters. The van der Waals surface area contributed by atoms with Gasteiger partial charge in [-0.3, -0.25) is 4.79 Å². The van der Waals surface area contributed by atoms with Gasteiger partial charge in [-0.15, -0.1) is 0 Å². The second-order valence-electron chi connectivity index (χ2n) is 4.98. The Morgan fingerprint density at radius 3 is 2.62 bits per heavy atom. The molecule has 0 aromatic heterocycles. The maximum Gasteiger partial charge on any atom is 0.327 e. The Balaban J connectivity index is 2.35. The van der Waals surface area contributed by atoms with Crippen LogP contribution in [0.15, 0.2) is 24.3 Å².